The van der Waals surface area contributed by atoms with Gasteiger partial charge in [0.15, 0.2) is 5.75 Å². The topological polar surface area (TPSA) is 65.7 Å². The van der Waals surface area contributed by atoms with Gasteiger partial charge in [0.05, 0.1) is 12.8 Å². The summed E-state index contributed by atoms with van der Waals surface area (Å²) in [5.41, 5.74) is 0.437. The molecule has 2 N–H and O–H groups in total. The lowest BCUT2D eigenvalue weighted by molar-refractivity contribution is 0.258. The van der Waals surface area contributed by atoms with E-state index in [0.29, 0.717) is 13.1 Å². The Balaban J connectivity index is 3.03. The predicted molar refractivity (Wildman–Crippen MR) is 66.1 cm³/mol. The van der Waals surface area contributed by atoms with E-state index in [1.54, 1.807) is 4.57 Å². The van der Waals surface area contributed by atoms with Gasteiger partial charge in [-0.15, -0.1) is 0 Å². The minimum Gasteiger partial charge on any atom is -0.503 e. The SMILES string of the molecule is CCN(CC)Cc1cc(=O)c(O)cn1CCO. The molecule has 0 bridgehead atoms. The molecular formula is C12H20N2O3. The van der Waals surface area contributed by atoms with Crippen molar-refractivity contribution in [3.05, 3.63) is 28.2 Å². The van der Waals surface area contributed by atoms with Crippen molar-refractivity contribution >= 4 is 0 Å². The van der Waals surface area contributed by atoms with E-state index in [4.69, 9.17) is 5.11 Å². The summed E-state index contributed by atoms with van der Waals surface area (Å²) in [6, 6.07) is 1.43. The van der Waals surface area contributed by atoms with E-state index in [9.17, 15) is 9.90 Å². The summed E-state index contributed by atoms with van der Waals surface area (Å²) in [6.07, 6.45) is 1.39. The third kappa shape index (κ3) is 3.57. The molecule has 0 saturated heterocycles. The highest BCUT2D eigenvalue weighted by Gasteiger charge is 2.08. The molecule has 17 heavy (non-hydrogen) atoms. The summed E-state index contributed by atoms with van der Waals surface area (Å²) in [6.45, 7) is 6.90. The molecule has 1 aromatic rings. The fourth-order valence-electron chi connectivity index (χ4n) is 1.73. The summed E-state index contributed by atoms with van der Waals surface area (Å²) in [5.74, 6) is -0.276. The molecule has 0 spiro atoms. The van der Waals surface area contributed by atoms with E-state index >= 15 is 0 Å². The Morgan fingerprint density at radius 1 is 1.35 bits per heavy atom. The minimum atomic E-state index is -0.374. The lowest BCUT2D eigenvalue weighted by atomic mass is 10.3. The average molecular weight is 240 g/mol. The van der Waals surface area contributed by atoms with Gasteiger partial charge in [-0.05, 0) is 13.1 Å². The normalized spacial score (nSPS) is 11.1. The van der Waals surface area contributed by atoms with Crippen molar-refractivity contribution in [1.29, 1.82) is 0 Å². The lowest BCUT2D eigenvalue weighted by Crippen LogP contribution is -2.26. The summed E-state index contributed by atoms with van der Waals surface area (Å²) in [4.78, 5) is 13.6. The van der Waals surface area contributed by atoms with Gasteiger partial charge in [-0.2, -0.15) is 0 Å². The van der Waals surface area contributed by atoms with Crippen molar-refractivity contribution in [2.75, 3.05) is 19.7 Å². The molecule has 0 amide bonds. The molecule has 0 atom stereocenters. The number of aromatic hydroxyl groups is 1. The van der Waals surface area contributed by atoms with Gasteiger partial charge in [-0.3, -0.25) is 9.69 Å². The Morgan fingerprint density at radius 3 is 2.53 bits per heavy atom. The number of aliphatic hydroxyl groups is 1. The van der Waals surface area contributed by atoms with Crippen molar-refractivity contribution in [1.82, 2.24) is 9.47 Å². The highest BCUT2D eigenvalue weighted by Crippen LogP contribution is 2.08. The van der Waals surface area contributed by atoms with Crippen molar-refractivity contribution < 1.29 is 10.2 Å². The van der Waals surface area contributed by atoms with Gasteiger partial charge in [-0.25, -0.2) is 0 Å². The highest BCUT2D eigenvalue weighted by molar-refractivity contribution is 5.20. The molecule has 0 radical (unpaired) electrons. The van der Waals surface area contributed by atoms with E-state index < -0.39 is 0 Å². The van der Waals surface area contributed by atoms with Gasteiger partial charge in [0, 0.05) is 24.8 Å². The van der Waals surface area contributed by atoms with E-state index in [2.05, 4.69) is 18.7 Å². The third-order valence-electron chi connectivity index (χ3n) is 2.82. The number of nitrogens with zero attached hydrogens (tertiary/aromatic N) is 2. The zero-order valence-electron chi connectivity index (χ0n) is 10.4. The summed E-state index contributed by atoms with van der Waals surface area (Å²) in [7, 11) is 0. The average Bonchev–Trinajstić information content (AvgIpc) is 2.32. The van der Waals surface area contributed by atoms with Gasteiger partial charge in [0.1, 0.15) is 0 Å². The minimum absolute atomic E-state index is 0.0203. The monoisotopic (exact) mass is 240 g/mol. The number of hydrogen-bond acceptors (Lipinski definition) is 4. The molecule has 0 aliphatic rings. The molecule has 0 unspecified atom stereocenters. The van der Waals surface area contributed by atoms with Crippen LogP contribution in [-0.2, 0) is 13.1 Å². The molecule has 0 aromatic carbocycles. The van der Waals surface area contributed by atoms with E-state index in [0.717, 1.165) is 18.8 Å². The lowest BCUT2D eigenvalue weighted by Gasteiger charge is -2.21. The quantitative estimate of drug-likeness (QED) is 0.755. The van der Waals surface area contributed by atoms with Crippen LogP contribution in [0.2, 0.25) is 0 Å². The maximum atomic E-state index is 11.4. The van der Waals surface area contributed by atoms with E-state index in [-0.39, 0.29) is 17.8 Å². The molecule has 1 heterocycles. The molecule has 0 saturated carbocycles. The Bertz CT molecular complexity index is 411. The van der Waals surface area contributed by atoms with Crippen molar-refractivity contribution in [2.24, 2.45) is 0 Å². The van der Waals surface area contributed by atoms with Gasteiger partial charge in [0.2, 0.25) is 5.43 Å². The molecule has 96 valence electrons. The second kappa shape index (κ2) is 6.42. The molecule has 1 rings (SSSR count). The number of pyridine rings is 1. The van der Waals surface area contributed by atoms with Crippen LogP contribution in [0.4, 0.5) is 0 Å². The van der Waals surface area contributed by atoms with Crippen LogP contribution in [0.1, 0.15) is 19.5 Å². The first-order valence-electron chi connectivity index (χ1n) is 5.87. The number of hydrogen-bond donors (Lipinski definition) is 2. The standard InChI is InChI=1S/C12H20N2O3/c1-3-13(4-2)8-10-7-11(16)12(17)9-14(10)5-6-15/h7,9,15,17H,3-6,8H2,1-2H3. The zero-order valence-corrected chi connectivity index (χ0v) is 10.4. The van der Waals surface area contributed by atoms with Crippen LogP contribution >= 0.6 is 0 Å². The van der Waals surface area contributed by atoms with E-state index in [1.165, 1.54) is 12.3 Å². The van der Waals surface area contributed by atoms with Crippen molar-refractivity contribution in [3.63, 3.8) is 0 Å². The number of rotatable bonds is 6. The summed E-state index contributed by atoms with van der Waals surface area (Å²) in [5, 5.41) is 18.3. The fraction of sp³-hybridized carbons (Fsp3) is 0.583. The third-order valence-corrected chi connectivity index (χ3v) is 2.82. The van der Waals surface area contributed by atoms with Crippen LogP contribution in [0.3, 0.4) is 0 Å². The molecule has 1 aromatic heterocycles. The van der Waals surface area contributed by atoms with Gasteiger partial charge < -0.3 is 14.8 Å². The Kier molecular flexibility index (Phi) is 5.18. The van der Waals surface area contributed by atoms with Crippen LogP contribution in [0.5, 0.6) is 5.75 Å². The van der Waals surface area contributed by atoms with E-state index in [1.807, 2.05) is 0 Å². The highest BCUT2D eigenvalue weighted by atomic mass is 16.3. The van der Waals surface area contributed by atoms with Gasteiger partial charge >= 0.3 is 0 Å². The largest absolute Gasteiger partial charge is 0.503 e. The van der Waals surface area contributed by atoms with Crippen molar-refractivity contribution in [2.45, 2.75) is 26.9 Å². The Morgan fingerprint density at radius 2 is 2.00 bits per heavy atom. The van der Waals surface area contributed by atoms with Crippen LogP contribution in [0.25, 0.3) is 0 Å². The second-order valence-corrected chi connectivity index (χ2v) is 3.89. The zero-order chi connectivity index (χ0) is 12.8. The molecule has 0 aliphatic carbocycles. The van der Waals surface area contributed by atoms with Crippen molar-refractivity contribution in [3.8, 4) is 5.75 Å². The fourth-order valence-corrected chi connectivity index (χ4v) is 1.73. The van der Waals surface area contributed by atoms with Gasteiger partial charge in [-0.1, -0.05) is 13.8 Å². The van der Waals surface area contributed by atoms with Crippen LogP contribution < -0.4 is 5.43 Å². The van der Waals surface area contributed by atoms with Crippen LogP contribution in [-0.4, -0.2) is 39.4 Å². The first kappa shape index (κ1) is 13.7. The molecule has 5 nitrogen and oxygen atoms in total. The maximum Gasteiger partial charge on any atom is 0.223 e. The predicted octanol–water partition coefficient (Wildman–Crippen LogP) is 0.388. The smallest absolute Gasteiger partial charge is 0.223 e. The Hall–Kier alpha value is -1.33. The molecule has 0 aliphatic heterocycles. The molecule has 0 fully saturated rings. The Labute approximate surface area is 101 Å². The van der Waals surface area contributed by atoms with Crippen LogP contribution in [0, 0.1) is 0 Å². The maximum absolute atomic E-state index is 11.4. The number of aromatic nitrogens is 1. The molecule has 5 heteroatoms. The summed E-state index contributed by atoms with van der Waals surface area (Å²) >= 11 is 0. The molecular weight excluding hydrogens is 220 g/mol. The second-order valence-electron chi connectivity index (χ2n) is 3.89. The number of aliphatic hydroxyl groups excluding tert-OH is 1. The van der Waals surface area contributed by atoms with Crippen LogP contribution in [0.15, 0.2) is 17.1 Å². The summed E-state index contributed by atoms with van der Waals surface area (Å²) < 4.78 is 1.72. The first-order valence-corrected chi connectivity index (χ1v) is 5.87. The van der Waals surface area contributed by atoms with Gasteiger partial charge in [0.25, 0.3) is 0 Å². The first-order chi connectivity index (χ1) is 8.12.